The molecular formula is C29H23F3O7. The van der Waals surface area contributed by atoms with Crippen molar-refractivity contribution in [2.45, 2.75) is 25.1 Å². The van der Waals surface area contributed by atoms with Gasteiger partial charge < -0.3 is 28.4 Å². The molecular weight excluding hydrogens is 517 g/mol. The number of methoxy groups -OCH3 is 2. The van der Waals surface area contributed by atoms with Gasteiger partial charge in [0, 0.05) is 5.92 Å². The van der Waals surface area contributed by atoms with E-state index in [4.69, 9.17) is 28.4 Å². The second kappa shape index (κ2) is 9.44. The van der Waals surface area contributed by atoms with Crippen LogP contribution in [0.1, 0.15) is 33.7 Å². The summed E-state index contributed by atoms with van der Waals surface area (Å²) in [5, 5.41) is 0. The summed E-state index contributed by atoms with van der Waals surface area (Å²) in [7, 11) is 2.95. The van der Waals surface area contributed by atoms with E-state index in [1.165, 1.54) is 26.4 Å². The normalized spacial score (nSPS) is 17.5. The van der Waals surface area contributed by atoms with Gasteiger partial charge in [-0.25, -0.2) is 4.79 Å². The number of hydrogen-bond donors (Lipinski definition) is 0. The van der Waals surface area contributed by atoms with Crippen LogP contribution in [0.3, 0.4) is 0 Å². The summed E-state index contributed by atoms with van der Waals surface area (Å²) < 4.78 is 72.6. The van der Waals surface area contributed by atoms with E-state index in [0.717, 1.165) is 34.4 Å². The Morgan fingerprint density at radius 3 is 2.23 bits per heavy atom. The molecule has 0 fully saturated rings. The lowest BCUT2D eigenvalue weighted by Crippen LogP contribution is -2.18. The van der Waals surface area contributed by atoms with Gasteiger partial charge >= 0.3 is 12.1 Å². The first kappa shape index (κ1) is 25.0. The number of halogens is 3. The maximum atomic E-state index is 12.9. The molecule has 10 heteroatoms. The SMILES string of the molecule is COc1cc([C@@H]2C3=C(COC3=O)Cc3cc4c(cc32)OCO4)cc(OC)c1OCc1ccc(C(F)(F)F)cc1. The highest BCUT2D eigenvalue weighted by molar-refractivity contribution is 5.95. The van der Waals surface area contributed by atoms with E-state index in [-0.39, 0.29) is 31.7 Å². The number of benzene rings is 3. The van der Waals surface area contributed by atoms with Crippen molar-refractivity contribution >= 4 is 5.97 Å². The van der Waals surface area contributed by atoms with E-state index >= 15 is 0 Å². The molecule has 0 aromatic heterocycles. The Hall–Kier alpha value is -4.34. The number of rotatable bonds is 6. The molecule has 0 saturated heterocycles. The van der Waals surface area contributed by atoms with Gasteiger partial charge in [-0.15, -0.1) is 0 Å². The number of ether oxygens (including phenoxy) is 6. The van der Waals surface area contributed by atoms with Crippen LogP contribution in [0, 0.1) is 0 Å². The molecule has 7 nitrogen and oxygen atoms in total. The number of carbonyl (C=O) groups excluding carboxylic acids is 1. The van der Waals surface area contributed by atoms with Crippen molar-refractivity contribution in [2.75, 3.05) is 27.6 Å². The van der Waals surface area contributed by atoms with Crippen LogP contribution in [0.25, 0.3) is 0 Å². The lowest BCUT2D eigenvalue weighted by Gasteiger charge is -2.28. The fourth-order valence-corrected chi connectivity index (χ4v) is 5.23. The summed E-state index contributed by atoms with van der Waals surface area (Å²) in [4.78, 5) is 12.9. The molecule has 0 spiro atoms. The zero-order valence-electron chi connectivity index (χ0n) is 21.0. The van der Waals surface area contributed by atoms with Crippen LogP contribution in [0.2, 0.25) is 0 Å². The third kappa shape index (κ3) is 4.39. The second-order valence-electron chi connectivity index (χ2n) is 9.35. The molecule has 1 atom stereocenters. The maximum absolute atomic E-state index is 12.9. The zero-order valence-corrected chi connectivity index (χ0v) is 21.0. The Balaban J connectivity index is 1.38. The van der Waals surface area contributed by atoms with E-state index < -0.39 is 17.7 Å². The van der Waals surface area contributed by atoms with E-state index in [1.807, 2.05) is 12.1 Å². The van der Waals surface area contributed by atoms with Crippen molar-refractivity contribution in [1.82, 2.24) is 0 Å². The Kier molecular flexibility index (Phi) is 6.05. The molecule has 3 aromatic carbocycles. The van der Waals surface area contributed by atoms with Crippen molar-refractivity contribution in [2.24, 2.45) is 0 Å². The quantitative estimate of drug-likeness (QED) is 0.379. The molecule has 1 aliphatic carbocycles. The molecule has 0 bridgehead atoms. The van der Waals surface area contributed by atoms with Gasteiger partial charge in [0.15, 0.2) is 23.0 Å². The zero-order chi connectivity index (χ0) is 27.3. The lowest BCUT2D eigenvalue weighted by atomic mass is 9.75. The predicted octanol–water partition coefficient (Wildman–Crippen LogP) is 5.57. The number of fused-ring (bicyclic) bond motifs is 2. The third-order valence-corrected chi connectivity index (χ3v) is 7.10. The number of alkyl halides is 3. The molecule has 0 saturated carbocycles. The first-order valence-corrected chi connectivity index (χ1v) is 12.1. The van der Waals surface area contributed by atoms with E-state index in [2.05, 4.69) is 0 Å². The Bertz CT molecular complexity index is 1470. The first-order valence-electron chi connectivity index (χ1n) is 12.1. The number of hydrogen-bond acceptors (Lipinski definition) is 7. The van der Waals surface area contributed by atoms with Crippen molar-refractivity contribution in [3.63, 3.8) is 0 Å². The Morgan fingerprint density at radius 1 is 0.923 bits per heavy atom. The molecule has 0 amide bonds. The Labute approximate surface area is 221 Å². The van der Waals surface area contributed by atoms with Crippen LogP contribution < -0.4 is 23.7 Å². The summed E-state index contributed by atoms with van der Waals surface area (Å²) in [6.45, 7) is 0.341. The fraction of sp³-hybridized carbons (Fsp3) is 0.276. The van der Waals surface area contributed by atoms with Crippen molar-refractivity contribution < 1.29 is 46.4 Å². The molecule has 2 aliphatic heterocycles. The lowest BCUT2D eigenvalue weighted by molar-refractivity contribution is -0.138. The minimum Gasteiger partial charge on any atom is -0.493 e. The van der Waals surface area contributed by atoms with Crippen LogP contribution in [0.15, 0.2) is 59.7 Å². The number of carbonyl (C=O) groups is 1. The van der Waals surface area contributed by atoms with Crippen LogP contribution in [0.4, 0.5) is 13.2 Å². The van der Waals surface area contributed by atoms with Crippen LogP contribution in [-0.4, -0.2) is 33.6 Å². The summed E-state index contributed by atoms with van der Waals surface area (Å²) in [5.41, 5.74) is 3.89. The van der Waals surface area contributed by atoms with Gasteiger partial charge in [0.25, 0.3) is 0 Å². The fourth-order valence-electron chi connectivity index (χ4n) is 5.23. The van der Waals surface area contributed by atoms with Gasteiger partial charge in [-0.3, -0.25) is 0 Å². The standard InChI is InChI=1S/C29H23F3O7/c1-34-23-9-17(10-24(35-2)27(23)36-12-15-3-5-19(6-4-15)29(30,31)32)25-20-11-22-21(38-14-39-22)8-16(20)7-18-13-37-28(33)26(18)25/h3-6,8-11,25H,7,12-14H2,1-2H3/t25-/m0/s1. The van der Waals surface area contributed by atoms with E-state index in [1.54, 1.807) is 12.1 Å². The maximum Gasteiger partial charge on any atom is 0.416 e. The highest BCUT2D eigenvalue weighted by atomic mass is 19.4. The van der Waals surface area contributed by atoms with Crippen LogP contribution in [-0.2, 0) is 28.7 Å². The van der Waals surface area contributed by atoms with Gasteiger partial charge in [0.1, 0.15) is 13.2 Å². The van der Waals surface area contributed by atoms with Crippen LogP contribution in [0.5, 0.6) is 28.7 Å². The molecule has 3 aliphatic rings. The average molecular weight is 540 g/mol. The van der Waals surface area contributed by atoms with Gasteiger partial charge in [-0.05, 0) is 70.6 Å². The van der Waals surface area contributed by atoms with E-state index in [0.29, 0.717) is 40.6 Å². The second-order valence-corrected chi connectivity index (χ2v) is 9.35. The third-order valence-electron chi connectivity index (χ3n) is 7.10. The van der Waals surface area contributed by atoms with Gasteiger partial charge in [0.05, 0.1) is 25.4 Å². The monoisotopic (exact) mass is 540 g/mol. The predicted molar refractivity (Wildman–Crippen MR) is 131 cm³/mol. The highest BCUT2D eigenvalue weighted by Crippen LogP contribution is 2.50. The molecule has 0 N–H and O–H groups in total. The minimum atomic E-state index is -4.42. The molecule has 6 rings (SSSR count). The summed E-state index contributed by atoms with van der Waals surface area (Å²) in [6, 6.07) is 12.1. The summed E-state index contributed by atoms with van der Waals surface area (Å²) in [6.07, 6.45) is -3.86. The minimum absolute atomic E-state index is 0.0123. The summed E-state index contributed by atoms with van der Waals surface area (Å²) >= 11 is 0. The number of esters is 1. The highest BCUT2D eigenvalue weighted by Gasteiger charge is 2.40. The van der Waals surface area contributed by atoms with Crippen molar-refractivity contribution in [3.05, 3.63) is 87.5 Å². The Morgan fingerprint density at radius 2 is 1.59 bits per heavy atom. The molecule has 202 valence electrons. The molecule has 2 heterocycles. The van der Waals surface area contributed by atoms with Gasteiger partial charge in [0.2, 0.25) is 12.5 Å². The number of cyclic esters (lactones) is 1. The van der Waals surface area contributed by atoms with Crippen molar-refractivity contribution in [1.29, 1.82) is 0 Å². The molecule has 39 heavy (non-hydrogen) atoms. The van der Waals surface area contributed by atoms with Gasteiger partial charge in [-0.1, -0.05) is 12.1 Å². The molecule has 3 aromatic rings. The summed E-state index contributed by atoms with van der Waals surface area (Å²) in [5.74, 6) is 1.39. The largest absolute Gasteiger partial charge is 0.493 e. The van der Waals surface area contributed by atoms with Gasteiger partial charge in [-0.2, -0.15) is 13.2 Å². The molecule has 0 radical (unpaired) electrons. The topological polar surface area (TPSA) is 72.5 Å². The van der Waals surface area contributed by atoms with Crippen molar-refractivity contribution in [3.8, 4) is 28.7 Å². The first-order chi connectivity index (χ1) is 18.8. The smallest absolute Gasteiger partial charge is 0.416 e. The van der Waals surface area contributed by atoms with E-state index in [9.17, 15) is 18.0 Å². The van der Waals surface area contributed by atoms with Crippen LogP contribution >= 0.6 is 0 Å². The average Bonchev–Trinajstić information content (AvgIpc) is 3.54. The molecule has 0 unspecified atom stereocenters.